The van der Waals surface area contributed by atoms with E-state index in [-0.39, 0.29) is 48.0 Å². The van der Waals surface area contributed by atoms with E-state index in [0.29, 0.717) is 5.82 Å². The number of likely N-dealkylation sites (N-methyl/N-ethyl adjacent to an activating group) is 1. The second-order valence-electron chi connectivity index (χ2n) is 8.36. The number of aromatic nitrogens is 2. The maximum Gasteiger partial charge on any atom is 0.320 e. The van der Waals surface area contributed by atoms with Crippen LogP contribution in [-0.2, 0) is 9.53 Å². The van der Waals surface area contributed by atoms with Gasteiger partial charge in [-0.1, -0.05) is 0 Å². The number of urea groups is 1. The zero-order valence-corrected chi connectivity index (χ0v) is 18.7. The Balaban J connectivity index is 1.58. The standard InChI is InChI=1S/C21H33N7O3/c1-13(2)27-7-8-28(21(27)30)16-6-5-14(9-16)17-11-19(26-25-17)24-20(29)18(23-3)10-15(22)12-31-4/h10-11,13-14,16,22-23H,5-9,12H2,1-4H3,(H2,24,25,26,29)/b18-10-,22-15?/t14-,16+/m0/s1. The highest BCUT2D eigenvalue weighted by atomic mass is 16.5. The lowest BCUT2D eigenvalue weighted by atomic mass is 10.0. The van der Waals surface area contributed by atoms with Crippen LogP contribution in [0, 0.1) is 5.41 Å². The van der Waals surface area contributed by atoms with Gasteiger partial charge in [-0.25, -0.2) is 4.79 Å². The van der Waals surface area contributed by atoms with Gasteiger partial charge >= 0.3 is 6.03 Å². The van der Waals surface area contributed by atoms with Gasteiger partial charge in [-0.15, -0.1) is 0 Å². The van der Waals surface area contributed by atoms with Crippen LogP contribution in [0.2, 0.25) is 0 Å². The highest BCUT2D eigenvalue weighted by Crippen LogP contribution is 2.38. The molecule has 0 unspecified atom stereocenters. The Bertz CT molecular complexity index is 848. The van der Waals surface area contributed by atoms with Crippen molar-refractivity contribution in [3.63, 3.8) is 0 Å². The summed E-state index contributed by atoms with van der Waals surface area (Å²) in [6, 6.07) is 2.46. The lowest BCUT2D eigenvalue weighted by Crippen LogP contribution is -2.40. The number of carbonyl (C=O) groups is 2. The number of amides is 3. The van der Waals surface area contributed by atoms with E-state index in [0.717, 1.165) is 38.0 Å². The Morgan fingerprint density at radius 2 is 2.19 bits per heavy atom. The quantitative estimate of drug-likeness (QED) is 0.351. The molecule has 1 saturated carbocycles. The molecule has 170 valence electrons. The number of ether oxygens (including phenoxy) is 1. The van der Waals surface area contributed by atoms with Gasteiger partial charge in [-0.2, -0.15) is 5.10 Å². The van der Waals surface area contributed by atoms with Crippen molar-refractivity contribution in [1.82, 2.24) is 25.3 Å². The van der Waals surface area contributed by atoms with Crippen molar-refractivity contribution in [3.8, 4) is 0 Å². The van der Waals surface area contributed by atoms with E-state index in [1.165, 1.54) is 13.2 Å². The molecule has 10 nitrogen and oxygen atoms in total. The van der Waals surface area contributed by atoms with Crippen molar-refractivity contribution < 1.29 is 14.3 Å². The number of H-pyrrole nitrogens is 1. The third kappa shape index (κ3) is 5.25. The van der Waals surface area contributed by atoms with Crippen molar-refractivity contribution in [2.45, 2.75) is 51.1 Å². The van der Waals surface area contributed by atoms with E-state index in [1.54, 1.807) is 7.05 Å². The molecule has 10 heteroatoms. The average Bonchev–Trinajstić information content (AvgIpc) is 3.45. The van der Waals surface area contributed by atoms with Crippen LogP contribution < -0.4 is 10.6 Å². The molecule has 4 N–H and O–H groups in total. The molecule has 2 atom stereocenters. The monoisotopic (exact) mass is 431 g/mol. The smallest absolute Gasteiger partial charge is 0.320 e. The van der Waals surface area contributed by atoms with Gasteiger partial charge in [0, 0.05) is 57.0 Å². The molecule has 2 fully saturated rings. The summed E-state index contributed by atoms with van der Waals surface area (Å²) in [7, 11) is 3.13. The predicted molar refractivity (Wildman–Crippen MR) is 118 cm³/mol. The normalized spacial score (nSPS) is 21.8. The minimum atomic E-state index is -0.373. The molecule has 2 aliphatic rings. The van der Waals surface area contributed by atoms with Crippen molar-refractivity contribution >= 4 is 23.5 Å². The third-order valence-electron chi connectivity index (χ3n) is 5.95. The first-order valence-electron chi connectivity index (χ1n) is 10.7. The highest BCUT2D eigenvalue weighted by Gasteiger charge is 2.39. The van der Waals surface area contributed by atoms with Crippen LogP contribution in [0.5, 0.6) is 0 Å². The number of hydrogen-bond donors (Lipinski definition) is 4. The van der Waals surface area contributed by atoms with Crippen molar-refractivity contribution in [2.75, 3.05) is 39.2 Å². The van der Waals surface area contributed by atoms with Gasteiger partial charge in [0.2, 0.25) is 0 Å². The summed E-state index contributed by atoms with van der Waals surface area (Å²) in [4.78, 5) is 29.1. The maximum atomic E-state index is 12.7. The highest BCUT2D eigenvalue weighted by molar-refractivity contribution is 6.08. The molecule has 3 amide bonds. The Morgan fingerprint density at radius 1 is 1.42 bits per heavy atom. The van der Waals surface area contributed by atoms with Crippen LogP contribution in [0.15, 0.2) is 17.8 Å². The first-order valence-corrected chi connectivity index (χ1v) is 10.7. The zero-order valence-electron chi connectivity index (χ0n) is 18.7. The Labute approximate surface area is 182 Å². The van der Waals surface area contributed by atoms with Gasteiger partial charge in [0.1, 0.15) is 5.70 Å². The van der Waals surface area contributed by atoms with Crippen LogP contribution in [0.4, 0.5) is 10.6 Å². The zero-order chi connectivity index (χ0) is 22.5. The predicted octanol–water partition coefficient (Wildman–Crippen LogP) is 1.90. The van der Waals surface area contributed by atoms with Crippen molar-refractivity contribution in [1.29, 1.82) is 5.41 Å². The third-order valence-corrected chi connectivity index (χ3v) is 5.95. The average molecular weight is 432 g/mol. The van der Waals surface area contributed by atoms with E-state index < -0.39 is 0 Å². The Kier molecular flexibility index (Phi) is 7.32. The van der Waals surface area contributed by atoms with Gasteiger partial charge in [-0.05, 0) is 39.2 Å². The minimum Gasteiger partial charge on any atom is -0.384 e. The van der Waals surface area contributed by atoms with Gasteiger partial charge in [0.25, 0.3) is 5.91 Å². The Morgan fingerprint density at radius 3 is 2.84 bits per heavy atom. The number of rotatable bonds is 9. The number of nitrogens with one attached hydrogen (secondary N) is 4. The van der Waals surface area contributed by atoms with Crippen LogP contribution in [-0.4, -0.2) is 83.6 Å². The summed E-state index contributed by atoms with van der Waals surface area (Å²) < 4.78 is 4.90. The van der Waals surface area contributed by atoms with Gasteiger partial charge in [-0.3, -0.25) is 9.89 Å². The lowest BCUT2D eigenvalue weighted by Gasteiger charge is -2.26. The Hall–Kier alpha value is -2.88. The van der Waals surface area contributed by atoms with Crippen molar-refractivity contribution in [3.05, 3.63) is 23.5 Å². The molecule has 1 saturated heterocycles. The SMILES string of the molecule is CN/C(=C\C(=N)COC)C(=O)Nc1cc([C@H]2CC[C@@H](N3CCN(C(C)C)C3=O)C2)[nH]n1. The second kappa shape index (κ2) is 9.95. The van der Waals surface area contributed by atoms with E-state index in [1.807, 2.05) is 15.9 Å². The van der Waals surface area contributed by atoms with Crippen LogP contribution in [0.25, 0.3) is 0 Å². The fourth-order valence-corrected chi connectivity index (χ4v) is 4.33. The molecular formula is C21H33N7O3. The molecule has 0 aromatic carbocycles. The summed E-state index contributed by atoms with van der Waals surface area (Å²) in [6.45, 7) is 5.81. The number of anilines is 1. The second-order valence-corrected chi connectivity index (χ2v) is 8.36. The minimum absolute atomic E-state index is 0.127. The molecule has 1 aromatic rings. The van der Waals surface area contributed by atoms with Gasteiger partial charge < -0.3 is 30.6 Å². The number of aromatic amines is 1. The molecular weight excluding hydrogens is 398 g/mol. The molecule has 2 heterocycles. The first kappa shape index (κ1) is 22.8. The topological polar surface area (TPSA) is 126 Å². The van der Waals surface area contributed by atoms with Crippen molar-refractivity contribution in [2.24, 2.45) is 0 Å². The number of methoxy groups -OCH3 is 1. The summed E-state index contributed by atoms with van der Waals surface area (Å²) in [5.41, 5.74) is 1.41. The summed E-state index contributed by atoms with van der Waals surface area (Å²) in [5, 5.41) is 20.6. The lowest BCUT2D eigenvalue weighted by molar-refractivity contribution is -0.113. The molecule has 1 aliphatic carbocycles. The molecule has 1 aromatic heterocycles. The van der Waals surface area contributed by atoms with Crippen LogP contribution in [0.1, 0.15) is 44.7 Å². The van der Waals surface area contributed by atoms with E-state index in [4.69, 9.17) is 10.1 Å². The van der Waals surface area contributed by atoms with E-state index in [9.17, 15) is 9.59 Å². The summed E-state index contributed by atoms with van der Waals surface area (Å²) in [6.07, 6.45) is 4.27. The first-order chi connectivity index (χ1) is 14.8. The number of carbonyl (C=O) groups excluding carboxylic acids is 2. The van der Waals surface area contributed by atoms with Crippen LogP contribution in [0.3, 0.4) is 0 Å². The molecule has 1 aliphatic heterocycles. The van der Waals surface area contributed by atoms with E-state index in [2.05, 4.69) is 34.7 Å². The molecule has 0 radical (unpaired) electrons. The fourth-order valence-electron chi connectivity index (χ4n) is 4.33. The van der Waals surface area contributed by atoms with Gasteiger partial charge in [0.15, 0.2) is 5.82 Å². The summed E-state index contributed by atoms with van der Waals surface area (Å²) in [5.74, 6) is 0.339. The van der Waals surface area contributed by atoms with Gasteiger partial charge in [0.05, 0.1) is 12.3 Å². The number of hydrogen-bond acceptors (Lipinski definition) is 6. The summed E-state index contributed by atoms with van der Waals surface area (Å²) >= 11 is 0. The molecule has 0 bridgehead atoms. The number of nitrogens with zero attached hydrogens (tertiary/aromatic N) is 3. The fraction of sp³-hybridized carbons (Fsp3) is 0.619. The molecule has 3 rings (SSSR count). The molecule has 31 heavy (non-hydrogen) atoms. The van der Waals surface area contributed by atoms with Crippen LogP contribution >= 0.6 is 0 Å². The molecule has 0 spiro atoms. The van der Waals surface area contributed by atoms with E-state index >= 15 is 0 Å². The largest absolute Gasteiger partial charge is 0.384 e. The maximum absolute atomic E-state index is 12.7.